The fourth-order valence-corrected chi connectivity index (χ4v) is 4.50. The van der Waals surface area contributed by atoms with Crippen LogP contribution >= 0.6 is 0 Å². The summed E-state index contributed by atoms with van der Waals surface area (Å²) in [5, 5.41) is 2.49. The van der Waals surface area contributed by atoms with Crippen LogP contribution in [-0.4, -0.2) is 42.6 Å². The van der Waals surface area contributed by atoms with E-state index in [1.807, 2.05) is 0 Å². The van der Waals surface area contributed by atoms with Crippen molar-refractivity contribution in [2.24, 2.45) is 0 Å². The monoisotopic (exact) mass is 395 g/mol. The molecular weight excluding hydrogens is 376 g/mol. The van der Waals surface area contributed by atoms with Gasteiger partial charge < -0.3 is 5.32 Å². The van der Waals surface area contributed by atoms with Gasteiger partial charge in [0, 0.05) is 25.3 Å². The molecular formula is C18H19F2N3O3S. The Morgan fingerprint density at radius 2 is 1.70 bits per heavy atom. The van der Waals surface area contributed by atoms with Gasteiger partial charge in [0.15, 0.2) is 0 Å². The second kappa shape index (κ2) is 8.12. The number of amides is 1. The van der Waals surface area contributed by atoms with Gasteiger partial charge in [-0.3, -0.25) is 4.79 Å². The Balaban J connectivity index is 1.66. The van der Waals surface area contributed by atoms with Gasteiger partial charge in [0.25, 0.3) is 10.2 Å². The van der Waals surface area contributed by atoms with Gasteiger partial charge in [0.05, 0.1) is 6.54 Å². The molecule has 1 fully saturated rings. The smallest absolute Gasteiger partial charge is 0.282 e. The van der Waals surface area contributed by atoms with Crippen molar-refractivity contribution in [3.8, 4) is 0 Å². The number of nitrogens with zero attached hydrogens (tertiary/aromatic N) is 2. The lowest BCUT2D eigenvalue weighted by atomic mass is 10.2. The first-order valence-corrected chi connectivity index (χ1v) is 9.79. The van der Waals surface area contributed by atoms with Gasteiger partial charge in [0.1, 0.15) is 11.6 Å². The molecule has 6 nitrogen and oxygen atoms in total. The molecule has 1 aliphatic rings. The molecule has 1 N–H and O–H groups in total. The molecule has 1 heterocycles. The van der Waals surface area contributed by atoms with Gasteiger partial charge in [0.2, 0.25) is 5.91 Å². The summed E-state index contributed by atoms with van der Waals surface area (Å²) in [4.78, 5) is 12.2. The zero-order chi connectivity index (χ0) is 19.4. The summed E-state index contributed by atoms with van der Waals surface area (Å²) < 4.78 is 54.1. The van der Waals surface area contributed by atoms with E-state index in [0.717, 1.165) is 10.4 Å². The van der Waals surface area contributed by atoms with E-state index in [9.17, 15) is 22.0 Å². The van der Waals surface area contributed by atoms with E-state index < -0.39 is 27.8 Å². The van der Waals surface area contributed by atoms with Gasteiger partial charge in [-0.1, -0.05) is 18.2 Å². The lowest BCUT2D eigenvalue weighted by molar-refractivity contribution is -0.116. The number of hydrogen-bond donors (Lipinski definition) is 1. The number of anilines is 1. The maximum Gasteiger partial charge on any atom is 0.282 e. The summed E-state index contributed by atoms with van der Waals surface area (Å²) in [6.07, 6.45) is 0.563. The molecule has 2 aromatic rings. The van der Waals surface area contributed by atoms with Crippen LogP contribution < -0.4 is 5.32 Å². The highest BCUT2D eigenvalue weighted by Gasteiger charge is 2.34. The maximum atomic E-state index is 13.2. The molecule has 3 rings (SSSR count). The molecule has 0 aliphatic carbocycles. The Morgan fingerprint density at radius 3 is 2.41 bits per heavy atom. The minimum atomic E-state index is -3.83. The molecule has 0 atom stereocenters. The molecule has 0 bridgehead atoms. The molecule has 0 spiro atoms. The number of hydrogen-bond acceptors (Lipinski definition) is 3. The van der Waals surface area contributed by atoms with E-state index in [2.05, 4.69) is 5.32 Å². The summed E-state index contributed by atoms with van der Waals surface area (Å²) in [5.41, 5.74) is 0.920. The number of carbonyl (C=O) groups is 1. The number of halogens is 2. The number of benzene rings is 2. The van der Waals surface area contributed by atoms with Crippen molar-refractivity contribution in [3.63, 3.8) is 0 Å². The normalized spacial score (nSPS) is 17.6. The topological polar surface area (TPSA) is 69.7 Å². The molecule has 0 radical (unpaired) electrons. The predicted octanol–water partition coefficient (Wildman–Crippen LogP) is 2.36. The third kappa shape index (κ3) is 4.88. The molecule has 27 heavy (non-hydrogen) atoms. The van der Waals surface area contributed by atoms with Gasteiger partial charge in [-0.25, -0.2) is 8.78 Å². The molecule has 1 aliphatic heterocycles. The van der Waals surface area contributed by atoms with Crippen molar-refractivity contribution >= 4 is 21.8 Å². The van der Waals surface area contributed by atoms with Crippen LogP contribution in [0.3, 0.4) is 0 Å². The predicted molar refractivity (Wildman–Crippen MR) is 96.9 cm³/mol. The third-order valence-corrected chi connectivity index (χ3v) is 6.10. The SMILES string of the molecule is O=C(CN1CCCN(Cc2ccc(F)cc2)S1(=O)=O)Nc1cccc(F)c1. The second-order valence-electron chi connectivity index (χ2n) is 6.21. The highest BCUT2D eigenvalue weighted by molar-refractivity contribution is 7.86. The highest BCUT2D eigenvalue weighted by Crippen LogP contribution is 2.20. The average Bonchev–Trinajstić information content (AvgIpc) is 2.60. The van der Waals surface area contributed by atoms with Gasteiger partial charge >= 0.3 is 0 Å². The van der Waals surface area contributed by atoms with Crippen LogP contribution in [0.1, 0.15) is 12.0 Å². The summed E-state index contributed by atoms with van der Waals surface area (Å²) >= 11 is 0. The Kier molecular flexibility index (Phi) is 5.83. The van der Waals surface area contributed by atoms with Crippen molar-refractivity contribution in [2.75, 3.05) is 25.0 Å². The fraction of sp³-hybridized carbons (Fsp3) is 0.278. The lowest BCUT2D eigenvalue weighted by Gasteiger charge is -2.34. The molecule has 1 amide bonds. The van der Waals surface area contributed by atoms with Crippen molar-refractivity contribution in [3.05, 3.63) is 65.7 Å². The Morgan fingerprint density at radius 1 is 1.00 bits per heavy atom. The minimum Gasteiger partial charge on any atom is -0.325 e. The zero-order valence-corrected chi connectivity index (χ0v) is 15.3. The first kappa shape index (κ1) is 19.4. The summed E-state index contributed by atoms with van der Waals surface area (Å²) in [6, 6.07) is 11.0. The molecule has 144 valence electrons. The van der Waals surface area contributed by atoms with Gasteiger partial charge in [-0.15, -0.1) is 0 Å². The number of carbonyl (C=O) groups excluding carboxylic acids is 1. The Labute approximate surface area is 156 Å². The van der Waals surface area contributed by atoms with E-state index in [-0.39, 0.29) is 25.3 Å². The van der Waals surface area contributed by atoms with Gasteiger partial charge in [-0.2, -0.15) is 17.0 Å². The highest BCUT2D eigenvalue weighted by atomic mass is 32.2. The van der Waals surface area contributed by atoms with Crippen molar-refractivity contribution in [2.45, 2.75) is 13.0 Å². The Bertz CT molecular complexity index is 920. The minimum absolute atomic E-state index is 0.102. The fourth-order valence-electron chi connectivity index (χ4n) is 2.86. The molecule has 0 saturated carbocycles. The molecule has 9 heteroatoms. The summed E-state index contributed by atoms with van der Waals surface area (Å²) in [6.45, 7) is 0.282. The van der Waals surface area contributed by atoms with Crippen LogP contribution in [0.2, 0.25) is 0 Å². The first-order chi connectivity index (χ1) is 12.8. The molecule has 1 saturated heterocycles. The van der Waals surface area contributed by atoms with E-state index >= 15 is 0 Å². The standard InChI is InChI=1S/C18H19F2N3O3S/c19-15-7-5-14(6-8-15)12-22-9-2-10-23(27(22,25)26)13-18(24)21-17-4-1-3-16(20)11-17/h1,3-8,11H,2,9-10,12-13H2,(H,21,24). The zero-order valence-electron chi connectivity index (χ0n) is 14.4. The summed E-state index contributed by atoms with van der Waals surface area (Å²) in [7, 11) is -3.83. The van der Waals surface area contributed by atoms with Crippen molar-refractivity contribution in [1.29, 1.82) is 0 Å². The first-order valence-electron chi connectivity index (χ1n) is 8.40. The summed E-state index contributed by atoms with van der Waals surface area (Å²) in [5.74, 6) is -1.44. The quantitative estimate of drug-likeness (QED) is 0.845. The van der Waals surface area contributed by atoms with Crippen LogP contribution in [0.5, 0.6) is 0 Å². The average molecular weight is 395 g/mol. The largest absolute Gasteiger partial charge is 0.325 e. The maximum absolute atomic E-state index is 13.2. The van der Waals surface area contributed by atoms with Gasteiger partial charge in [-0.05, 0) is 42.3 Å². The van der Waals surface area contributed by atoms with Crippen molar-refractivity contribution in [1.82, 2.24) is 8.61 Å². The van der Waals surface area contributed by atoms with E-state index in [1.165, 1.54) is 46.8 Å². The number of nitrogens with one attached hydrogen (secondary N) is 1. The number of rotatable bonds is 5. The van der Waals surface area contributed by atoms with Crippen LogP contribution in [0.15, 0.2) is 48.5 Å². The molecule has 2 aromatic carbocycles. The van der Waals surface area contributed by atoms with Crippen LogP contribution in [0.4, 0.5) is 14.5 Å². The van der Waals surface area contributed by atoms with Crippen molar-refractivity contribution < 1.29 is 22.0 Å². The van der Waals surface area contributed by atoms with E-state index in [4.69, 9.17) is 0 Å². The second-order valence-corrected chi connectivity index (χ2v) is 8.14. The van der Waals surface area contributed by atoms with Crippen LogP contribution in [0.25, 0.3) is 0 Å². The molecule has 0 unspecified atom stereocenters. The van der Waals surface area contributed by atoms with E-state index in [0.29, 0.717) is 18.5 Å². The molecule has 0 aromatic heterocycles. The lowest BCUT2D eigenvalue weighted by Crippen LogP contribution is -2.51. The van der Waals surface area contributed by atoms with Crippen LogP contribution in [-0.2, 0) is 21.5 Å². The van der Waals surface area contributed by atoms with Crippen LogP contribution in [0, 0.1) is 11.6 Å². The Hall–Kier alpha value is -2.36. The third-order valence-electron chi connectivity index (χ3n) is 4.17. The van der Waals surface area contributed by atoms with E-state index in [1.54, 1.807) is 0 Å².